The average molecular weight is 318 g/mol. The molecule has 2 rings (SSSR count). The van der Waals surface area contributed by atoms with Gasteiger partial charge in [0.25, 0.3) is 0 Å². The highest BCUT2D eigenvalue weighted by Gasteiger charge is 2.09. The number of nitrogens with one attached hydrogen (secondary N) is 2. The molecule has 0 spiro atoms. The van der Waals surface area contributed by atoms with Gasteiger partial charge in [-0.25, -0.2) is 8.78 Å². The van der Waals surface area contributed by atoms with E-state index < -0.39 is 11.6 Å². The molecule has 0 unspecified atom stereocenters. The number of carbonyl (C=O) groups excluding carboxylic acids is 1. The summed E-state index contributed by atoms with van der Waals surface area (Å²) in [7, 11) is 0. The summed E-state index contributed by atoms with van der Waals surface area (Å²) in [5.74, 6) is -1.41. The minimum Gasteiger partial charge on any atom is -0.384 e. The van der Waals surface area contributed by atoms with Crippen molar-refractivity contribution in [3.05, 3.63) is 59.7 Å². The molecule has 0 aliphatic carbocycles. The molecule has 1 amide bonds. The maximum absolute atomic E-state index is 13.5. The van der Waals surface area contributed by atoms with Gasteiger partial charge in [0.2, 0.25) is 5.91 Å². The molecule has 2 aromatic carbocycles. The van der Waals surface area contributed by atoms with Crippen molar-refractivity contribution in [2.75, 3.05) is 17.2 Å². The zero-order valence-electron chi connectivity index (χ0n) is 13.2. The van der Waals surface area contributed by atoms with Crippen molar-refractivity contribution in [3.63, 3.8) is 0 Å². The molecule has 0 radical (unpaired) electrons. The number of benzene rings is 2. The molecule has 2 aromatic rings. The lowest BCUT2D eigenvalue weighted by molar-refractivity contribution is -0.116. The van der Waals surface area contributed by atoms with E-state index in [0.717, 1.165) is 17.8 Å². The van der Waals surface area contributed by atoms with E-state index in [9.17, 15) is 13.6 Å². The molecule has 23 heavy (non-hydrogen) atoms. The van der Waals surface area contributed by atoms with Gasteiger partial charge in [-0.2, -0.15) is 0 Å². The fraction of sp³-hybridized carbons (Fsp3) is 0.278. The zero-order chi connectivity index (χ0) is 16.8. The SMILES string of the molecule is CC(C)c1ccccc1NCCC(=O)Nc1ccc(F)cc1F. The maximum atomic E-state index is 13.5. The lowest BCUT2D eigenvalue weighted by atomic mass is 10.0. The summed E-state index contributed by atoms with van der Waals surface area (Å²) >= 11 is 0. The Morgan fingerprint density at radius 3 is 2.52 bits per heavy atom. The van der Waals surface area contributed by atoms with Crippen molar-refractivity contribution in [2.24, 2.45) is 0 Å². The van der Waals surface area contributed by atoms with Crippen LogP contribution in [-0.4, -0.2) is 12.5 Å². The Kier molecular flexibility index (Phi) is 5.68. The molecule has 0 fully saturated rings. The molecule has 0 heterocycles. The van der Waals surface area contributed by atoms with E-state index in [0.29, 0.717) is 12.5 Å². The quantitative estimate of drug-likeness (QED) is 0.821. The number of halogens is 2. The molecular weight excluding hydrogens is 298 g/mol. The lowest BCUT2D eigenvalue weighted by Gasteiger charge is -2.14. The van der Waals surface area contributed by atoms with Crippen LogP contribution in [0.15, 0.2) is 42.5 Å². The minimum atomic E-state index is -0.781. The Balaban J connectivity index is 1.88. The van der Waals surface area contributed by atoms with Crippen LogP contribution in [0.3, 0.4) is 0 Å². The van der Waals surface area contributed by atoms with Gasteiger partial charge < -0.3 is 10.6 Å². The van der Waals surface area contributed by atoms with Gasteiger partial charge in [-0.05, 0) is 29.7 Å². The standard InChI is InChI=1S/C18H20F2N2O/c1-12(2)14-5-3-4-6-16(14)21-10-9-18(23)22-17-8-7-13(19)11-15(17)20/h3-8,11-12,21H,9-10H2,1-2H3,(H,22,23). The molecule has 0 bridgehead atoms. The van der Waals surface area contributed by atoms with Crippen molar-refractivity contribution in [1.82, 2.24) is 0 Å². The number of carbonyl (C=O) groups is 1. The van der Waals surface area contributed by atoms with Gasteiger partial charge in [0.1, 0.15) is 11.6 Å². The highest BCUT2D eigenvalue weighted by Crippen LogP contribution is 2.23. The lowest BCUT2D eigenvalue weighted by Crippen LogP contribution is -2.17. The van der Waals surface area contributed by atoms with Crippen molar-refractivity contribution < 1.29 is 13.6 Å². The third-order valence-corrected chi connectivity index (χ3v) is 3.46. The van der Waals surface area contributed by atoms with Crippen LogP contribution in [0.4, 0.5) is 20.2 Å². The predicted molar refractivity (Wildman–Crippen MR) is 88.6 cm³/mol. The first-order valence-electron chi connectivity index (χ1n) is 7.55. The number of anilines is 2. The number of hydrogen-bond acceptors (Lipinski definition) is 2. The number of amides is 1. The van der Waals surface area contributed by atoms with Gasteiger partial charge in [-0.1, -0.05) is 32.0 Å². The molecule has 5 heteroatoms. The molecule has 122 valence electrons. The molecule has 0 atom stereocenters. The number of hydrogen-bond donors (Lipinski definition) is 2. The van der Waals surface area contributed by atoms with Gasteiger partial charge in [0, 0.05) is 24.7 Å². The topological polar surface area (TPSA) is 41.1 Å². The second-order valence-corrected chi connectivity index (χ2v) is 5.59. The second kappa shape index (κ2) is 7.72. The van der Waals surface area contributed by atoms with Gasteiger partial charge in [-0.3, -0.25) is 4.79 Å². The third kappa shape index (κ3) is 4.77. The number of para-hydroxylation sites is 1. The van der Waals surface area contributed by atoms with E-state index in [1.54, 1.807) is 0 Å². The van der Waals surface area contributed by atoms with Crippen LogP contribution in [0.25, 0.3) is 0 Å². The summed E-state index contributed by atoms with van der Waals surface area (Å²) in [5, 5.41) is 5.66. The van der Waals surface area contributed by atoms with Crippen LogP contribution in [0.1, 0.15) is 31.7 Å². The largest absolute Gasteiger partial charge is 0.384 e. The van der Waals surface area contributed by atoms with E-state index in [1.807, 2.05) is 24.3 Å². The van der Waals surface area contributed by atoms with E-state index in [1.165, 1.54) is 11.6 Å². The van der Waals surface area contributed by atoms with E-state index in [2.05, 4.69) is 24.5 Å². The van der Waals surface area contributed by atoms with Gasteiger partial charge in [0.05, 0.1) is 5.69 Å². The monoisotopic (exact) mass is 318 g/mol. The maximum Gasteiger partial charge on any atom is 0.226 e. The molecule has 2 N–H and O–H groups in total. The average Bonchev–Trinajstić information content (AvgIpc) is 2.50. The van der Waals surface area contributed by atoms with E-state index in [4.69, 9.17) is 0 Å². The highest BCUT2D eigenvalue weighted by atomic mass is 19.1. The molecule has 0 saturated heterocycles. The van der Waals surface area contributed by atoms with Gasteiger partial charge >= 0.3 is 0 Å². The van der Waals surface area contributed by atoms with Crippen molar-refractivity contribution >= 4 is 17.3 Å². The molecule has 3 nitrogen and oxygen atoms in total. The zero-order valence-corrected chi connectivity index (χ0v) is 13.2. The Morgan fingerprint density at radius 1 is 1.09 bits per heavy atom. The summed E-state index contributed by atoms with van der Waals surface area (Å²) in [6.45, 7) is 4.63. The minimum absolute atomic E-state index is 0.0148. The fourth-order valence-corrected chi connectivity index (χ4v) is 2.28. The van der Waals surface area contributed by atoms with Gasteiger partial charge in [0.15, 0.2) is 0 Å². The van der Waals surface area contributed by atoms with Crippen LogP contribution in [0.2, 0.25) is 0 Å². The van der Waals surface area contributed by atoms with Crippen molar-refractivity contribution in [2.45, 2.75) is 26.2 Å². The van der Waals surface area contributed by atoms with Crippen LogP contribution >= 0.6 is 0 Å². The second-order valence-electron chi connectivity index (χ2n) is 5.59. The smallest absolute Gasteiger partial charge is 0.226 e. The van der Waals surface area contributed by atoms with Crippen LogP contribution in [0.5, 0.6) is 0 Å². The predicted octanol–water partition coefficient (Wildman–Crippen LogP) is 4.53. The number of rotatable bonds is 6. The highest BCUT2D eigenvalue weighted by molar-refractivity contribution is 5.91. The van der Waals surface area contributed by atoms with Crippen LogP contribution in [-0.2, 0) is 4.79 Å². The van der Waals surface area contributed by atoms with Crippen molar-refractivity contribution in [3.8, 4) is 0 Å². The fourth-order valence-electron chi connectivity index (χ4n) is 2.28. The summed E-state index contributed by atoms with van der Waals surface area (Å²) in [6.07, 6.45) is 0.184. The Hall–Kier alpha value is -2.43. The summed E-state index contributed by atoms with van der Waals surface area (Å²) in [5.41, 5.74) is 2.15. The molecular formula is C18H20F2N2O. The van der Waals surface area contributed by atoms with Gasteiger partial charge in [-0.15, -0.1) is 0 Å². The molecule has 0 saturated carbocycles. The first kappa shape index (κ1) is 16.9. The first-order valence-corrected chi connectivity index (χ1v) is 7.55. The third-order valence-electron chi connectivity index (χ3n) is 3.46. The normalized spacial score (nSPS) is 10.7. The van der Waals surface area contributed by atoms with Crippen LogP contribution < -0.4 is 10.6 Å². The Labute approximate surface area is 134 Å². The van der Waals surface area contributed by atoms with E-state index >= 15 is 0 Å². The summed E-state index contributed by atoms with van der Waals surface area (Å²) in [4.78, 5) is 11.8. The summed E-state index contributed by atoms with van der Waals surface area (Å²) < 4.78 is 26.3. The Bertz CT molecular complexity index is 686. The first-order chi connectivity index (χ1) is 11.0. The molecule has 0 aliphatic heterocycles. The molecule has 0 aromatic heterocycles. The molecule has 0 aliphatic rings. The van der Waals surface area contributed by atoms with E-state index in [-0.39, 0.29) is 18.0 Å². The summed E-state index contributed by atoms with van der Waals surface area (Å²) in [6, 6.07) is 11.0. The van der Waals surface area contributed by atoms with Crippen molar-refractivity contribution in [1.29, 1.82) is 0 Å². The van der Waals surface area contributed by atoms with Crippen LogP contribution in [0, 0.1) is 11.6 Å². The Morgan fingerprint density at radius 2 is 1.83 bits per heavy atom.